The molecule has 2 aliphatic heterocycles. The van der Waals surface area contributed by atoms with Crippen molar-refractivity contribution in [3.63, 3.8) is 0 Å². The summed E-state index contributed by atoms with van der Waals surface area (Å²) in [4.78, 5) is 18.8. The minimum atomic E-state index is -3.70. The van der Waals surface area contributed by atoms with Gasteiger partial charge in [0.25, 0.3) is 10.0 Å². The fourth-order valence-electron chi connectivity index (χ4n) is 3.43. The van der Waals surface area contributed by atoms with E-state index in [4.69, 9.17) is 0 Å². The molecule has 0 atom stereocenters. The molecule has 1 aromatic rings. The van der Waals surface area contributed by atoms with Crippen molar-refractivity contribution >= 4 is 27.5 Å². The number of aliphatic imine (C=N–C) groups is 1. The lowest BCUT2D eigenvalue weighted by Crippen LogP contribution is -2.36. The molecule has 2 aliphatic rings. The molecule has 8 heteroatoms. The Balaban J connectivity index is 1.63. The van der Waals surface area contributed by atoms with Crippen molar-refractivity contribution in [3.05, 3.63) is 24.3 Å². The summed E-state index contributed by atoms with van der Waals surface area (Å²) < 4.78 is 27.9. The monoisotopic (exact) mass is 392 g/mol. The van der Waals surface area contributed by atoms with E-state index < -0.39 is 10.0 Å². The number of amides is 1. The van der Waals surface area contributed by atoms with E-state index in [1.54, 1.807) is 12.1 Å². The highest BCUT2D eigenvalue weighted by molar-refractivity contribution is 7.90. The molecule has 2 heterocycles. The second kappa shape index (κ2) is 9.32. The zero-order chi connectivity index (χ0) is 19.1. The predicted octanol–water partition coefficient (Wildman–Crippen LogP) is 2.36. The predicted molar refractivity (Wildman–Crippen MR) is 106 cm³/mol. The van der Waals surface area contributed by atoms with Gasteiger partial charge < -0.3 is 5.32 Å². The number of nitrogens with one attached hydrogen (secondary N) is 2. The number of carbonyl (C=O) groups excluding carboxylic acids is 1. The van der Waals surface area contributed by atoms with Crippen LogP contribution in [0.15, 0.2) is 34.2 Å². The van der Waals surface area contributed by atoms with Crippen LogP contribution < -0.4 is 10.0 Å². The molecule has 27 heavy (non-hydrogen) atoms. The molecular weight excluding hydrogens is 364 g/mol. The van der Waals surface area contributed by atoms with Gasteiger partial charge in [0.2, 0.25) is 5.91 Å². The zero-order valence-electron chi connectivity index (χ0n) is 15.6. The molecule has 0 aliphatic carbocycles. The first-order chi connectivity index (χ1) is 13.0. The van der Waals surface area contributed by atoms with Crippen LogP contribution in [0.4, 0.5) is 5.69 Å². The quantitative estimate of drug-likeness (QED) is 0.805. The number of likely N-dealkylation sites (tertiary alicyclic amines) is 1. The van der Waals surface area contributed by atoms with Crippen LogP contribution in [0.2, 0.25) is 0 Å². The van der Waals surface area contributed by atoms with Gasteiger partial charge >= 0.3 is 0 Å². The van der Waals surface area contributed by atoms with E-state index in [9.17, 15) is 13.2 Å². The Morgan fingerprint density at radius 2 is 1.85 bits per heavy atom. The van der Waals surface area contributed by atoms with Gasteiger partial charge in [-0.1, -0.05) is 18.9 Å². The number of nitrogens with zero attached hydrogens (tertiary/aromatic N) is 2. The van der Waals surface area contributed by atoms with Crippen LogP contribution in [-0.4, -0.2) is 51.2 Å². The van der Waals surface area contributed by atoms with Crippen molar-refractivity contribution < 1.29 is 13.2 Å². The van der Waals surface area contributed by atoms with Crippen LogP contribution in [0.1, 0.15) is 44.9 Å². The Bertz CT molecular complexity index is 786. The van der Waals surface area contributed by atoms with Crippen molar-refractivity contribution in [2.45, 2.75) is 49.8 Å². The normalized spacial score (nSPS) is 19.0. The standard InChI is InChI=1S/C19H28N4O3S/c24-19(15-23-12-5-2-6-13-23)21-16-8-7-9-17(14-16)27(25,26)22-18-10-3-1-4-11-20-18/h7-9,14H,1-6,10-13,15H2,(H,20,22)(H,21,24). The summed E-state index contributed by atoms with van der Waals surface area (Å²) in [6.07, 6.45) is 7.10. The number of carbonyl (C=O) groups is 1. The summed E-state index contributed by atoms with van der Waals surface area (Å²) in [5.41, 5.74) is 0.489. The summed E-state index contributed by atoms with van der Waals surface area (Å²) in [5.74, 6) is 0.402. The van der Waals surface area contributed by atoms with E-state index in [0.717, 1.165) is 45.2 Å². The first-order valence-electron chi connectivity index (χ1n) is 9.71. The fourth-order valence-corrected chi connectivity index (χ4v) is 4.57. The Morgan fingerprint density at radius 1 is 1.07 bits per heavy atom. The SMILES string of the molecule is O=C(CN1CCCCC1)Nc1cccc(S(=O)(=O)NC2=NCCCCC2)c1. The summed E-state index contributed by atoms with van der Waals surface area (Å²) in [6, 6.07) is 6.36. The Kier molecular flexibility index (Phi) is 6.84. The van der Waals surface area contributed by atoms with E-state index in [-0.39, 0.29) is 10.8 Å². The molecule has 0 saturated carbocycles. The highest BCUT2D eigenvalue weighted by atomic mass is 32.2. The molecule has 3 rings (SSSR count). The molecule has 1 amide bonds. The first kappa shape index (κ1) is 19.8. The number of hydrogen-bond donors (Lipinski definition) is 2. The third-order valence-electron chi connectivity index (χ3n) is 4.87. The maximum absolute atomic E-state index is 12.7. The fraction of sp³-hybridized carbons (Fsp3) is 0.579. The number of hydrogen-bond acceptors (Lipinski definition) is 5. The Morgan fingerprint density at radius 3 is 2.67 bits per heavy atom. The topological polar surface area (TPSA) is 90.9 Å². The lowest BCUT2D eigenvalue weighted by atomic mass is 10.1. The third-order valence-corrected chi connectivity index (χ3v) is 6.25. The summed E-state index contributed by atoms with van der Waals surface area (Å²) in [6.45, 7) is 2.87. The Hall–Kier alpha value is -1.93. The number of benzene rings is 1. The van der Waals surface area contributed by atoms with Gasteiger partial charge in [-0.15, -0.1) is 0 Å². The van der Waals surface area contributed by atoms with Gasteiger partial charge in [0.1, 0.15) is 5.84 Å². The van der Waals surface area contributed by atoms with Crippen LogP contribution in [0.3, 0.4) is 0 Å². The van der Waals surface area contributed by atoms with Crippen LogP contribution in [0.25, 0.3) is 0 Å². The Labute approximate surface area is 161 Å². The van der Waals surface area contributed by atoms with Gasteiger partial charge in [-0.25, -0.2) is 8.42 Å². The molecule has 0 unspecified atom stereocenters. The maximum atomic E-state index is 12.7. The minimum absolute atomic E-state index is 0.118. The van der Waals surface area contributed by atoms with Crippen molar-refractivity contribution in [2.24, 2.45) is 4.99 Å². The van der Waals surface area contributed by atoms with Gasteiger partial charge in [-0.05, 0) is 57.0 Å². The molecule has 148 valence electrons. The van der Waals surface area contributed by atoms with E-state index in [2.05, 4.69) is 19.9 Å². The van der Waals surface area contributed by atoms with Crippen molar-refractivity contribution in [1.29, 1.82) is 0 Å². The van der Waals surface area contributed by atoms with E-state index >= 15 is 0 Å². The molecule has 1 fully saturated rings. The molecule has 1 aromatic carbocycles. The van der Waals surface area contributed by atoms with Crippen molar-refractivity contribution in [1.82, 2.24) is 9.62 Å². The number of anilines is 1. The van der Waals surface area contributed by atoms with E-state index in [1.165, 1.54) is 18.6 Å². The molecule has 0 aromatic heterocycles. The van der Waals surface area contributed by atoms with Gasteiger partial charge in [0, 0.05) is 18.7 Å². The largest absolute Gasteiger partial charge is 0.325 e. The number of piperidine rings is 1. The second-order valence-corrected chi connectivity index (χ2v) is 8.84. The maximum Gasteiger partial charge on any atom is 0.262 e. The highest BCUT2D eigenvalue weighted by Crippen LogP contribution is 2.17. The summed E-state index contributed by atoms with van der Waals surface area (Å²) in [7, 11) is -3.70. The molecule has 0 spiro atoms. The average molecular weight is 393 g/mol. The minimum Gasteiger partial charge on any atom is -0.325 e. The molecular formula is C19H28N4O3S. The van der Waals surface area contributed by atoms with Crippen LogP contribution >= 0.6 is 0 Å². The average Bonchev–Trinajstić information content (AvgIpc) is 2.91. The van der Waals surface area contributed by atoms with Crippen molar-refractivity contribution in [2.75, 3.05) is 31.5 Å². The zero-order valence-corrected chi connectivity index (χ0v) is 16.4. The smallest absolute Gasteiger partial charge is 0.262 e. The number of amidine groups is 1. The van der Waals surface area contributed by atoms with Gasteiger partial charge in [0.15, 0.2) is 0 Å². The van der Waals surface area contributed by atoms with Gasteiger partial charge in [0.05, 0.1) is 11.4 Å². The van der Waals surface area contributed by atoms with Gasteiger partial charge in [-0.3, -0.25) is 19.4 Å². The third kappa shape index (κ3) is 6.04. The highest BCUT2D eigenvalue weighted by Gasteiger charge is 2.19. The molecule has 2 N–H and O–H groups in total. The summed E-state index contributed by atoms with van der Waals surface area (Å²) >= 11 is 0. The summed E-state index contributed by atoms with van der Waals surface area (Å²) in [5, 5.41) is 2.81. The first-order valence-corrected chi connectivity index (χ1v) is 11.2. The second-order valence-electron chi connectivity index (χ2n) is 7.16. The van der Waals surface area contributed by atoms with E-state index in [1.807, 2.05) is 0 Å². The van der Waals surface area contributed by atoms with Crippen LogP contribution in [0.5, 0.6) is 0 Å². The lowest BCUT2D eigenvalue weighted by molar-refractivity contribution is -0.117. The van der Waals surface area contributed by atoms with Crippen LogP contribution in [-0.2, 0) is 14.8 Å². The lowest BCUT2D eigenvalue weighted by Gasteiger charge is -2.25. The van der Waals surface area contributed by atoms with Gasteiger partial charge in [-0.2, -0.15) is 0 Å². The molecule has 1 saturated heterocycles. The number of sulfonamides is 1. The molecule has 0 bridgehead atoms. The number of rotatable bonds is 5. The van der Waals surface area contributed by atoms with Crippen LogP contribution in [0, 0.1) is 0 Å². The van der Waals surface area contributed by atoms with Crippen molar-refractivity contribution in [3.8, 4) is 0 Å². The van der Waals surface area contributed by atoms with E-state index in [0.29, 0.717) is 31.0 Å². The molecule has 7 nitrogen and oxygen atoms in total. The molecule has 0 radical (unpaired) electrons.